The summed E-state index contributed by atoms with van der Waals surface area (Å²) in [5.41, 5.74) is 1.53. The van der Waals surface area contributed by atoms with E-state index in [9.17, 15) is 18.3 Å². The highest BCUT2D eigenvalue weighted by Gasteiger charge is 2.35. The first-order valence-electron chi connectivity index (χ1n) is 12.5. The highest BCUT2D eigenvalue weighted by atomic mass is 19.2. The smallest absolute Gasteiger partial charge is 0.182 e. The third-order valence-electron chi connectivity index (χ3n) is 7.55. The van der Waals surface area contributed by atoms with Crippen LogP contribution in [-0.2, 0) is 0 Å². The second kappa shape index (κ2) is 11.6. The molecule has 0 amide bonds. The summed E-state index contributed by atoms with van der Waals surface area (Å²) < 4.78 is 61.6. The summed E-state index contributed by atoms with van der Waals surface area (Å²) in [5.74, 6) is -2.52. The number of ether oxygens (including phenoxy) is 1. The first-order chi connectivity index (χ1) is 17.7. The van der Waals surface area contributed by atoms with Crippen LogP contribution in [0.2, 0.25) is 0 Å². The summed E-state index contributed by atoms with van der Waals surface area (Å²) in [5, 5.41) is 13.7. The standard InChI is InChI=1S/C28H33F4N3O2/c1-18-16-34-24-4-3-20(37-2)15-21(24)26(18)22(30)5-6-28(17-36)7-10-35(11-8-28)12-9-33-25-14-19(29)13-23(31)27(25)32/h3-4,13-16,22,33,36H,5-12,17H2,1-2H3/t22-/m1/s1. The Morgan fingerprint density at radius 1 is 1.16 bits per heavy atom. The molecule has 2 heterocycles. The lowest BCUT2D eigenvalue weighted by molar-refractivity contribution is 0.0315. The number of hydrogen-bond donors (Lipinski definition) is 2. The average molecular weight is 520 g/mol. The van der Waals surface area contributed by atoms with Gasteiger partial charge in [-0.15, -0.1) is 0 Å². The summed E-state index contributed by atoms with van der Waals surface area (Å²) in [4.78, 5) is 6.56. The minimum absolute atomic E-state index is 0.0243. The number of anilines is 1. The van der Waals surface area contributed by atoms with Gasteiger partial charge in [0.25, 0.3) is 0 Å². The van der Waals surface area contributed by atoms with Gasteiger partial charge in [-0.25, -0.2) is 17.6 Å². The highest BCUT2D eigenvalue weighted by molar-refractivity contribution is 5.84. The topological polar surface area (TPSA) is 57.6 Å². The molecule has 0 bridgehead atoms. The second-order valence-corrected chi connectivity index (χ2v) is 9.92. The highest BCUT2D eigenvalue weighted by Crippen LogP contribution is 2.40. The number of methoxy groups -OCH3 is 1. The maximum Gasteiger partial charge on any atom is 0.182 e. The Morgan fingerprint density at radius 2 is 1.92 bits per heavy atom. The summed E-state index contributed by atoms with van der Waals surface area (Å²) in [6, 6.07) is 6.89. The van der Waals surface area contributed by atoms with Crippen molar-refractivity contribution in [3.05, 3.63) is 65.1 Å². The largest absolute Gasteiger partial charge is 0.497 e. The number of aliphatic hydroxyl groups excluding tert-OH is 1. The lowest BCUT2D eigenvalue weighted by Gasteiger charge is -2.41. The normalized spacial score (nSPS) is 16.6. The summed E-state index contributed by atoms with van der Waals surface area (Å²) in [7, 11) is 1.57. The van der Waals surface area contributed by atoms with Crippen molar-refractivity contribution in [2.24, 2.45) is 5.41 Å². The zero-order valence-corrected chi connectivity index (χ0v) is 21.2. The van der Waals surface area contributed by atoms with Gasteiger partial charge in [-0.05, 0) is 80.4 Å². The van der Waals surface area contributed by atoms with E-state index in [-0.39, 0.29) is 24.1 Å². The third kappa shape index (κ3) is 6.15. The number of aryl methyl sites for hydroxylation is 1. The van der Waals surface area contributed by atoms with E-state index in [2.05, 4.69) is 15.2 Å². The average Bonchev–Trinajstić information content (AvgIpc) is 2.90. The van der Waals surface area contributed by atoms with Gasteiger partial charge in [0.15, 0.2) is 11.6 Å². The lowest BCUT2D eigenvalue weighted by atomic mass is 9.74. The molecular weight excluding hydrogens is 486 g/mol. The fraction of sp³-hybridized carbons (Fsp3) is 0.464. The van der Waals surface area contributed by atoms with Crippen LogP contribution >= 0.6 is 0 Å². The van der Waals surface area contributed by atoms with Crippen LogP contribution in [0, 0.1) is 29.8 Å². The number of piperidine rings is 1. The van der Waals surface area contributed by atoms with E-state index in [0.717, 1.165) is 17.0 Å². The van der Waals surface area contributed by atoms with Crippen LogP contribution in [0.25, 0.3) is 10.9 Å². The Bertz CT molecular complexity index is 1230. The van der Waals surface area contributed by atoms with Gasteiger partial charge in [0.05, 0.1) is 18.3 Å². The predicted octanol–water partition coefficient (Wildman–Crippen LogP) is 5.95. The van der Waals surface area contributed by atoms with Gasteiger partial charge >= 0.3 is 0 Å². The van der Waals surface area contributed by atoms with Gasteiger partial charge in [0.2, 0.25) is 0 Å². The van der Waals surface area contributed by atoms with E-state index < -0.39 is 23.6 Å². The molecule has 0 saturated carbocycles. The number of benzene rings is 2. The fourth-order valence-corrected chi connectivity index (χ4v) is 5.18. The molecule has 37 heavy (non-hydrogen) atoms. The fourth-order valence-electron chi connectivity index (χ4n) is 5.18. The SMILES string of the molecule is COc1ccc2ncc(C)c([C@H](F)CCC3(CO)CCN(CCNc4cc(F)cc(F)c4F)CC3)c2c1. The van der Waals surface area contributed by atoms with Crippen molar-refractivity contribution < 1.29 is 27.4 Å². The quantitative estimate of drug-likeness (QED) is 0.256. The first kappa shape index (κ1) is 27.1. The van der Waals surface area contributed by atoms with Crippen molar-refractivity contribution in [3.63, 3.8) is 0 Å². The van der Waals surface area contributed by atoms with Crippen molar-refractivity contribution in [2.75, 3.05) is 45.2 Å². The van der Waals surface area contributed by atoms with Crippen molar-refractivity contribution in [1.29, 1.82) is 0 Å². The molecule has 1 aliphatic heterocycles. The summed E-state index contributed by atoms with van der Waals surface area (Å²) in [6.07, 6.45) is 2.70. The zero-order valence-electron chi connectivity index (χ0n) is 21.2. The molecule has 4 rings (SSSR count). The van der Waals surface area contributed by atoms with Crippen molar-refractivity contribution in [3.8, 4) is 5.75 Å². The molecule has 0 radical (unpaired) electrons. The minimum atomic E-state index is -1.23. The van der Waals surface area contributed by atoms with Crippen LogP contribution in [0.1, 0.15) is 43.0 Å². The number of rotatable bonds is 10. The molecule has 0 unspecified atom stereocenters. The number of alkyl halides is 1. The monoisotopic (exact) mass is 519 g/mol. The molecule has 5 nitrogen and oxygen atoms in total. The van der Waals surface area contributed by atoms with Crippen LogP contribution in [-0.4, -0.2) is 54.9 Å². The van der Waals surface area contributed by atoms with Gasteiger partial charge in [-0.3, -0.25) is 4.98 Å². The maximum absolute atomic E-state index is 15.7. The van der Waals surface area contributed by atoms with E-state index in [1.807, 2.05) is 19.1 Å². The Hall–Kier alpha value is -2.91. The van der Waals surface area contributed by atoms with Crippen LogP contribution in [0.15, 0.2) is 36.5 Å². The molecular formula is C28H33F4N3O2. The van der Waals surface area contributed by atoms with Crippen LogP contribution in [0.5, 0.6) is 5.75 Å². The number of nitrogens with one attached hydrogen (secondary N) is 1. The molecule has 1 aliphatic rings. The molecule has 9 heteroatoms. The van der Waals surface area contributed by atoms with Crippen LogP contribution in [0.4, 0.5) is 23.2 Å². The number of nitrogens with zero attached hydrogens (tertiary/aromatic N) is 2. The summed E-state index contributed by atoms with van der Waals surface area (Å²) in [6.45, 7) is 4.07. The molecule has 200 valence electrons. The van der Waals surface area contributed by atoms with Crippen LogP contribution in [0.3, 0.4) is 0 Å². The number of fused-ring (bicyclic) bond motifs is 1. The van der Waals surface area contributed by atoms with Gasteiger partial charge in [-0.1, -0.05) is 0 Å². The summed E-state index contributed by atoms with van der Waals surface area (Å²) >= 11 is 0. The predicted molar refractivity (Wildman–Crippen MR) is 136 cm³/mol. The van der Waals surface area contributed by atoms with Crippen molar-refractivity contribution >= 4 is 16.6 Å². The van der Waals surface area contributed by atoms with Gasteiger partial charge < -0.3 is 20.1 Å². The van der Waals surface area contributed by atoms with E-state index in [0.29, 0.717) is 68.3 Å². The molecule has 0 spiro atoms. The third-order valence-corrected chi connectivity index (χ3v) is 7.55. The Labute approximate surface area is 214 Å². The van der Waals surface area contributed by atoms with Crippen molar-refractivity contribution in [1.82, 2.24) is 9.88 Å². The molecule has 1 fully saturated rings. The van der Waals surface area contributed by atoms with Gasteiger partial charge in [0.1, 0.15) is 17.7 Å². The van der Waals surface area contributed by atoms with E-state index in [1.165, 1.54) is 0 Å². The minimum Gasteiger partial charge on any atom is -0.497 e. The molecule has 1 aromatic heterocycles. The molecule has 1 atom stereocenters. The van der Waals surface area contributed by atoms with E-state index in [4.69, 9.17) is 4.74 Å². The number of likely N-dealkylation sites (tertiary alicyclic amines) is 1. The molecule has 1 saturated heterocycles. The Morgan fingerprint density at radius 3 is 2.62 bits per heavy atom. The zero-order chi connectivity index (χ0) is 26.6. The Kier molecular flexibility index (Phi) is 8.54. The molecule has 2 aromatic carbocycles. The Balaban J connectivity index is 1.33. The van der Waals surface area contributed by atoms with Crippen LogP contribution < -0.4 is 10.1 Å². The number of aliphatic hydroxyl groups is 1. The van der Waals surface area contributed by atoms with Gasteiger partial charge in [-0.2, -0.15) is 0 Å². The number of halogens is 4. The van der Waals surface area contributed by atoms with Gasteiger partial charge in [0, 0.05) is 43.4 Å². The molecule has 0 aliphatic carbocycles. The number of aromatic nitrogens is 1. The molecule has 3 aromatic rings. The maximum atomic E-state index is 15.7. The number of hydrogen-bond acceptors (Lipinski definition) is 5. The lowest BCUT2D eigenvalue weighted by Crippen LogP contribution is -2.43. The van der Waals surface area contributed by atoms with Crippen molar-refractivity contribution in [2.45, 2.75) is 38.8 Å². The number of pyridine rings is 1. The molecule has 2 N–H and O–H groups in total. The first-order valence-corrected chi connectivity index (χ1v) is 12.5. The second-order valence-electron chi connectivity index (χ2n) is 9.92. The van der Waals surface area contributed by atoms with E-state index >= 15 is 4.39 Å². The van der Waals surface area contributed by atoms with E-state index in [1.54, 1.807) is 19.4 Å².